The molecule has 2 rings (SSSR count). The van der Waals surface area contributed by atoms with Crippen LogP contribution in [0.2, 0.25) is 0 Å². The molecule has 1 heterocycles. The lowest BCUT2D eigenvalue weighted by molar-refractivity contribution is 0.188. The van der Waals surface area contributed by atoms with E-state index in [9.17, 15) is 0 Å². The van der Waals surface area contributed by atoms with Crippen LogP contribution >= 0.6 is 0 Å². The predicted octanol–water partition coefficient (Wildman–Crippen LogP) is 2.16. The van der Waals surface area contributed by atoms with Crippen molar-refractivity contribution in [3.63, 3.8) is 0 Å². The highest BCUT2D eigenvalue weighted by atomic mass is 15.2. The summed E-state index contributed by atoms with van der Waals surface area (Å²) in [6, 6.07) is 3.20. The second kappa shape index (κ2) is 4.11. The summed E-state index contributed by atoms with van der Waals surface area (Å²) >= 11 is 0. The molecule has 13 heavy (non-hydrogen) atoms. The Morgan fingerprint density at radius 2 is 1.85 bits per heavy atom. The number of hydrogen-bond acceptors (Lipinski definition) is 2. The van der Waals surface area contributed by atoms with Crippen LogP contribution < -0.4 is 0 Å². The molecule has 1 saturated carbocycles. The molecular formula is C11H18N2. The van der Waals surface area contributed by atoms with Crippen LogP contribution in [0.5, 0.6) is 0 Å². The van der Waals surface area contributed by atoms with Gasteiger partial charge in [-0.1, -0.05) is 19.3 Å². The Kier molecular flexibility index (Phi) is 2.85. The summed E-state index contributed by atoms with van der Waals surface area (Å²) in [7, 11) is 0. The highest BCUT2D eigenvalue weighted by Crippen LogP contribution is 2.27. The van der Waals surface area contributed by atoms with E-state index >= 15 is 0 Å². The highest BCUT2D eigenvalue weighted by molar-refractivity contribution is 4.93. The smallest absolute Gasteiger partial charge is 0.0669 e. The summed E-state index contributed by atoms with van der Waals surface area (Å²) in [6.45, 7) is 2.21. The molecule has 2 nitrogen and oxygen atoms in total. The average Bonchev–Trinajstić information content (AvgIpc) is 2.67. The number of rotatable bonds is 1. The van der Waals surface area contributed by atoms with E-state index in [-0.39, 0.29) is 0 Å². The van der Waals surface area contributed by atoms with Crippen LogP contribution in [0.3, 0.4) is 0 Å². The van der Waals surface area contributed by atoms with Gasteiger partial charge in [0.25, 0.3) is 0 Å². The van der Waals surface area contributed by atoms with Gasteiger partial charge in [0.1, 0.15) is 0 Å². The molecule has 2 fully saturated rings. The molecule has 0 spiro atoms. The first kappa shape index (κ1) is 9.02. The van der Waals surface area contributed by atoms with E-state index in [4.69, 9.17) is 5.26 Å². The normalized spacial score (nSPS) is 31.8. The van der Waals surface area contributed by atoms with Crippen LogP contribution in [0, 0.1) is 17.2 Å². The van der Waals surface area contributed by atoms with Crippen molar-refractivity contribution < 1.29 is 0 Å². The van der Waals surface area contributed by atoms with E-state index in [1.807, 2.05) is 0 Å². The minimum absolute atomic E-state index is 0.321. The molecule has 2 heteroatoms. The fourth-order valence-electron chi connectivity index (χ4n) is 2.67. The second-order valence-corrected chi connectivity index (χ2v) is 4.40. The number of hydrogen-bond donors (Lipinski definition) is 0. The van der Waals surface area contributed by atoms with Gasteiger partial charge in [0.15, 0.2) is 0 Å². The summed E-state index contributed by atoms with van der Waals surface area (Å²) in [5.74, 6) is 0.321. The van der Waals surface area contributed by atoms with Gasteiger partial charge in [0.05, 0.1) is 12.0 Å². The van der Waals surface area contributed by atoms with E-state index < -0.39 is 0 Å². The monoisotopic (exact) mass is 178 g/mol. The lowest BCUT2D eigenvalue weighted by atomic mass is 9.94. The van der Waals surface area contributed by atoms with E-state index in [1.165, 1.54) is 38.6 Å². The molecule has 1 unspecified atom stereocenters. The van der Waals surface area contributed by atoms with Crippen LogP contribution in [-0.4, -0.2) is 24.0 Å². The molecule has 72 valence electrons. The molecule has 0 bridgehead atoms. The first-order chi connectivity index (χ1) is 6.40. The molecule has 2 aliphatic rings. The first-order valence-electron chi connectivity index (χ1n) is 5.54. The van der Waals surface area contributed by atoms with Gasteiger partial charge in [0, 0.05) is 12.6 Å². The van der Waals surface area contributed by atoms with E-state index in [0.717, 1.165) is 19.0 Å². The van der Waals surface area contributed by atoms with Crippen molar-refractivity contribution in [2.24, 2.45) is 5.92 Å². The van der Waals surface area contributed by atoms with Crippen LogP contribution in [-0.2, 0) is 0 Å². The third-order valence-electron chi connectivity index (χ3n) is 3.49. The molecule has 0 aromatic rings. The molecule has 1 saturated heterocycles. The van der Waals surface area contributed by atoms with Crippen molar-refractivity contribution in [3.05, 3.63) is 0 Å². The van der Waals surface area contributed by atoms with Gasteiger partial charge in [-0.05, 0) is 25.8 Å². The van der Waals surface area contributed by atoms with E-state index in [1.54, 1.807) is 0 Å². The minimum atomic E-state index is 0.321. The van der Waals surface area contributed by atoms with Crippen LogP contribution in [0.4, 0.5) is 0 Å². The fraction of sp³-hybridized carbons (Fsp3) is 0.909. The standard InChI is InChI=1S/C11H18N2/c12-8-10-6-7-13(9-10)11-4-2-1-3-5-11/h10-11H,1-7,9H2. The molecule has 1 aliphatic carbocycles. The average molecular weight is 178 g/mol. The highest BCUT2D eigenvalue weighted by Gasteiger charge is 2.28. The maximum atomic E-state index is 8.81. The molecule has 1 aliphatic heterocycles. The Balaban J connectivity index is 1.84. The van der Waals surface area contributed by atoms with E-state index in [0.29, 0.717) is 5.92 Å². The van der Waals surface area contributed by atoms with Crippen LogP contribution in [0.1, 0.15) is 38.5 Å². The van der Waals surface area contributed by atoms with Crippen molar-refractivity contribution in [1.82, 2.24) is 4.90 Å². The van der Waals surface area contributed by atoms with Crippen molar-refractivity contribution >= 4 is 0 Å². The maximum absolute atomic E-state index is 8.81. The largest absolute Gasteiger partial charge is 0.299 e. The molecular weight excluding hydrogens is 160 g/mol. The summed E-state index contributed by atoms with van der Waals surface area (Å²) in [6.07, 6.45) is 8.08. The predicted molar refractivity (Wildman–Crippen MR) is 52.2 cm³/mol. The van der Waals surface area contributed by atoms with Crippen molar-refractivity contribution in [3.8, 4) is 6.07 Å². The third-order valence-corrected chi connectivity index (χ3v) is 3.49. The molecule has 0 N–H and O–H groups in total. The molecule has 0 radical (unpaired) electrons. The van der Waals surface area contributed by atoms with Crippen LogP contribution in [0.25, 0.3) is 0 Å². The van der Waals surface area contributed by atoms with Gasteiger partial charge < -0.3 is 0 Å². The van der Waals surface area contributed by atoms with Gasteiger partial charge >= 0.3 is 0 Å². The van der Waals surface area contributed by atoms with Gasteiger partial charge in [-0.15, -0.1) is 0 Å². The number of likely N-dealkylation sites (tertiary alicyclic amines) is 1. The van der Waals surface area contributed by atoms with Gasteiger partial charge in [-0.25, -0.2) is 0 Å². The van der Waals surface area contributed by atoms with Crippen molar-refractivity contribution in [2.45, 2.75) is 44.6 Å². The lowest BCUT2D eigenvalue weighted by Crippen LogP contribution is -2.34. The first-order valence-corrected chi connectivity index (χ1v) is 5.54. The van der Waals surface area contributed by atoms with Gasteiger partial charge in [0.2, 0.25) is 0 Å². The van der Waals surface area contributed by atoms with Crippen molar-refractivity contribution in [2.75, 3.05) is 13.1 Å². The zero-order valence-corrected chi connectivity index (χ0v) is 8.21. The zero-order valence-electron chi connectivity index (χ0n) is 8.21. The lowest BCUT2D eigenvalue weighted by Gasteiger charge is -2.30. The SMILES string of the molecule is N#CC1CCN(C2CCCCC2)C1. The Bertz CT molecular complexity index is 201. The minimum Gasteiger partial charge on any atom is -0.299 e. The Morgan fingerprint density at radius 1 is 1.08 bits per heavy atom. The van der Waals surface area contributed by atoms with Crippen molar-refractivity contribution in [1.29, 1.82) is 5.26 Å². The van der Waals surface area contributed by atoms with Gasteiger partial charge in [-0.2, -0.15) is 5.26 Å². The Hall–Kier alpha value is -0.550. The summed E-state index contributed by atoms with van der Waals surface area (Å²) in [5, 5.41) is 8.81. The molecule has 0 aromatic carbocycles. The summed E-state index contributed by atoms with van der Waals surface area (Å²) in [5.41, 5.74) is 0. The zero-order chi connectivity index (χ0) is 9.10. The number of nitrogens with zero attached hydrogens (tertiary/aromatic N) is 2. The third kappa shape index (κ3) is 2.03. The van der Waals surface area contributed by atoms with Gasteiger partial charge in [-0.3, -0.25) is 4.90 Å². The maximum Gasteiger partial charge on any atom is 0.0669 e. The Labute approximate surface area is 80.5 Å². The molecule has 1 atom stereocenters. The second-order valence-electron chi connectivity index (χ2n) is 4.40. The molecule has 0 aromatic heterocycles. The molecule has 0 amide bonds. The van der Waals surface area contributed by atoms with E-state index in [2.05, 4.69) is 11.0 Å². The summed E-state index contributed by atoms with van der Waals surface area (Å²) < 4.78 is 0. The quantitative estimate of drug-likeness (QED) is 0.615. The topological polar surface area (TPSA) is 27.0 Å². The summed E-state index contributed by atoms with van der Waals surface area (Å²) in [4.78, 5) is 2.55. The van der Waals surface area contributed by atoms with Crippen LogP contribution in [0.15, 0.2) is 0 Å². The Morgan fingerprint density at radius 3 is 2.46 bits per heavy atom. The number of nitriles is 1. The fourth-order valence-corrected chi connectivity index (χ4v) is 2.67.